The molecule has 5 heteroatoms. The number of nitrogens with one attached hydrogen (secondary N) is 1. The van der Waals surface area contributed by atoms with Gasteiger partial charge in [-0.3, -0.25) is 4.79 Å². The van der Waals surface area contributed by atoms with Crippen molar-refractivity contribution >= 4 is 17.4 Å². The third kappa shape index (κ3) is 6.58. The zero-order valence-electron chi connectivity index (χ0n) is 13.4. The first-order valence-electron chi connectivity index (χ1n) is 7.70. The van der Waals surface area contributed by atoms with Crippen molar-refractivity contribution in [1.82, 2.24) is 4.98 Å². The lowest BCUT2D eigenvalue weighted by atomic mass is 9.94. The highest BCUT2D eigenvalue weighted by Gasteiger charge is 2.10. The van der Waals surface area contributed by atoms with E-state index in [0.717, 1.165) is 37.2 Å². The van der Waals surface area contributed by atoms with Crippen molar-refractivity contribution in [2.24, 2.45) is 11.7 Å². The molecule has 0 aromatic carbocycles. The first-order chi connectivity index (χ1) is 10.1. The van der Waals surface area contributed by atoms with Gasteiger partial charge >= 0.3 is 0 Å². The van der Waals surface area contributed by atoms with Gasteiger partial charge in [0.2, 0.25) is 5.91 Å². The van der Waals surface area contributed by atoms with Crippen molar-refractivity contribution in [3.63, 3.8) is 0 Å². The molecule has 0 aliphatic carbocycles. The van der Waals surface area contributed by atoms with Gasteiger partial charge in [0.25, 0.3) is 0 Å². The van der Waals surface area contributed by atoms with Crippen LogP contribution in [0, 0.1) is 5.92 Å². The zero-order valence-corrected chi connectivity index (χ0v) is 13.4. The normalized spacial score (nSPS) is 12.0. The number of rotatable bonds is 9. The maximum absolute atomic E-state index is 12.0. The largest absolute Gasteiger partial charge is 0.363 e. The van der Waals surface area contributed by atoms with Crippen molar-refractivity contribution < 1.29 is 4.79 Å². The van der Waals surface area contributed by atoms with Crippen LogP contribution in [-0.4, -0.2) is 31.5 Å². The van der Waals surface area contributed by atoms with E-state index in [0.29, 0.717) is 18.9 Å². The Labute approximate surface area is 127 Å². The molecule has 5 nitrogen and oxygen atoms in total. The molecule has 1 rings (SSSR count). The van der Waals surface area contributed by atoms with Gasteiger partial charge in [0.15, 0.2) is 0 Å². The fraction of sp³-hybridized carbons (Fsp3) is 0.625. The van der Waals surface area contributed by atoms with Crippen LogP contribution in [0.5, 0.6) is 0 Å². The highest BCUT2D eigenvalue weighted by molar-refractivity contribution is 5.90. The predicted octanol–water partition coefficient (Wildman–Crippen LogP) is 2.63. The SMILES string of the molecule is CCCC(CCN)CCC(=O)Nc1ccc(N(C)C)nc1. The lowest BCUT2D eigenvalue weighted by Crippen LogP contribution is -2.16. The summed E-state index contributed by atoms with van der Waals surface area (Å²) in [5, 5.41) is 2.90. The van der Waals surface area contributed by atoms with Gasteiger partial charge in [0, 0.05) is 20.5 Å². The summed E-state index contributed by atoms with van der Waals surface area (Å²) in [5.74, 6) is 1.48. The van der Waals surface area contributed by atoms with E-state index in [1.54, 1.807) is 6.20 Å². The Balaban J connectivity index is 2.42. The molecular formula is C16H28N4O. The molecule has 0 aliphatic heterocycles. The third-order valence-corrected chi connectivity index (χ3v) is 3.54. The van der Waals surface area contributed by atoms with Gasteiger partial charge in [0.05, 0.1) is 11.9 Å². The van der Waals surface area contributed by atoms with Crippen molar-refractivity contribution in [1.29, 1.82) is 0 Å². The highest BCUT2D eigenvalue weighted by atomic mass is 16.1. The number of pyridine rings is 1. The fourth-order valence-electron chi connectivity index (χ4n) is 2.36. The first kappa shape index (κ1) is 17.4. The summed E-state index contributed by atoms with van der Waals surface area (Å²) in [6.45, 7) is 2.86. The molecule has 3 N–H and O–H groups in total. The smallest absolute Gasteiger partial charge is 0.224 e. The monoisotopic (exact) mass is 292 g/mol. The number of aromatic nitrogens is 1. The Kier molecular flexibility index (Phi) is 7.75. The van der Waals surface area contributed by atoms with Crippen molar-refractivity contribution in [3.05, 3.63) is 18.3 Å². The molecule has 1 aromatic heterocycles. The van der Waals surface area contributed by atoms with Crippen LogP contribution in [0.2, 0.25) is 0 Å². The number of nitrogens with zero attached hydrogens (tertiary/aromatic N) is 2. The van der Waals surface area contributed by atoms with E-state index in [-0.39, 0.29) is 5.91 Å². The van der Waals surface area contributed by atoms with Crippen LogP contribution in [-0.2, 0) is 4.79 Å². The Bertz CT molecular complexity index is 411. The lowest BCUT2D eigenvalue weighted by Gasteiger charge is -2.15. The molecule has 0 fully saturated rings. The van der Waals surface area contributed by atoms with Gasteiger partial charge < -0.3 is 16.0 Å². The molecule has 0 aliphatic rings. The first-order valence-corrected chi connectivity index (χ1v) is 7.70. The molecule has 1 atom stereocenters. The van der Waals surface area contributed by atoms with Gasteiger partial charge in [-0.05, 0) is 37.4 Å². The molecule has 1 aromatic rings. The number of hydrogen-bond acceptors (Lipinski definition) is 4. The molecule has 1 amide bonds. The maximum Gasteiger partial charge on any atom is 0.224 e. The van der Waals surface area contributed by atoms with Crippen LogP contribution < -0.4 is 16.0 Å². The molecule has 21 heavy (non-hydrogen) atoms. The standard InChI is InChI=1S/C16H28N4O/c1-4-5-13(10-11-17)6-9-16(21)19-14-7-8-15(18-12-14)20(2)3/h7-8,12-13H,4-6,9-11,17H2,1-3H3,(H,19,21). The average molecular weight is 292 g/mol. The van der Waals surface area contributed by atoms with Crippen LogP contribution >= 0.6 is 0 Å². The van der Waals surface area contributed by atoms with Crippen molar-refractivity contribution in [2.45, 2.75) is 39.0 Å². The molecule has 0 spiro atoms. The van der Waals surface area contributed by atoms with Crippen LogP contribution in [0.25, 0.3) is 0 Å². The minimum absolute atomic E-state index is 0.0486. The second kappa shape index (κ2) is 9.34. The number of hydrogen-bond donors (Lipinski definition) is 2. The number of anilines is 2. The Hall–Kier alpha value is -1.62. The van der Waals surface area contributed by atoms with E-state index in [2.05, 4.69) is 17.2 Å². The minimum Gasteiger partial charge on any atom is -0.363 e. The summed E-state index contributed by atoms with van der Waals surface area (Å²) in [4.78, 5) is 18.2. The van der Waals surface area contributed by atoms with Crippen LogP contribution in [0.1, 0.15) is 39.0 Å². The van der Waals surface area contributed by atoms with Gasteiger partial charge in [-0.2, -0.15) is 0 Å². The Morgan fingerprint density at radius 2 is 2.10 bits per heavy atom. The summed E-state index contributed by atoms with van der Waals surface area (Å²) < 4.78 is 0. The quantitative estimate of drug-likeness (QED) is 0.734. The molecule has 118 valence electrons. The average Bonchev–Trinajstić information content (AvgIpc) is 2.46. The van der Waals surface area contributed by atoms with E-state index in [4.69, 9.17) is 5.73 Å². The van der Waals surface area contributed by atoms with E-state index in [9.17, 15) is 4.79 Å². The molecule has 1 unspecified atom stereocenters. The summed E-state index contributed by atoms with van der Waals surface area (Å²) >= 11 is 0. The van der Waals surface area contributed by atoms with E-state index in [1.807, 2.05) is 31.1 Å². The molecule has 0 saturated heterocycles. The van der Waals surface area contributed by atoms with Gasteiger partial charge in [-0.1, -0.05) is 19.8 Å². The molecule has 0 radical (unpaired) electrons. The van der Waals surface area contributed by atoms with Crippen LogP contribution in [0.15, 0.2) is 18.3 Å². The Morgan fingerprint density at radius 1 is 1.33 bits per heavy atom. The number of nitrogens with two attached hydrogens (primary N) is 1. The van der Waals surface area contributed by atoms with E-state index >= 15 is 0 Å². The minimum atomic E-state index is 0.0486. The topological polar surface area (TPSA) is 71.2 Å². The van der Waals surface area contributed by atoms with Gasteiger partial charge in [0.1, 0.15) is 5.82 Å². The van der Waals surface area contributed by atoms with Gasteiger partial charge in [-0.15, -0.1) is 0 Å². The van der Waals surface area contributed by atoms with Crippen molar-refractivity contribution in [2.75, 3.05) is 30.9 Å². The molecule has 0 saturated carbocycles. The molecular weight excluding hydrogens is 264 g/mol. The fourth-order valence-corrected chi connectivity index (χ4v) is 2.36. The van der Waals surface area contributed by atoms with Crippen molar-refractivity contribution in [3.8, 4) is 0 Å². The molecule has 0 bridgehead atoms. The summed E-state index contributed by atoms with van der Waals surface area (Å²) in [6.07, 6.45) is 6.42. The second-order valence-corrected chi connectivity index (χ2v) is 5.62. The second-order valence-electron chi connectivity index (χ2n) is 5.62. The third-order valence-electron chi connectivity index (χ3n) is 3.54. The van der Waals surface area contributed by atoms with Crippen LogP contribution in [0.3, 0.4) is 0 Å². The summed E-state index contributed by atoms with van der Waals surface area (Å²) in [7, 11) is 3.87. The summed E-state index contributed by atoms with van der Waals surface area (Å²) in [6, 6.07) is 3.77. The van der Waals surface area contributed by atoms with E-state index < -0.39 is 0 Å². The van der Waals surface area contributed by atoms with Gasteiger partial charge in [-0.25, -0.2) is 4.98 Å². The number of amides is 1. The lowest BCUT2D eigenvalue weighted by molar-refractivity contribution is -0.116. The van der Waals surface area contributed by atoms with Crippen LogP contribution in [0.4, 0.5) is 11.5 Å². The van der Waals surface area contributed by atoms with E-state index in [1.165, 1.54) is 0 Å². The number of carbonyl (C=O) groups is 1. The zero-order chi connectivity index (χ0) is 15.7. The highest BCUT2D eigenvalue weighted by Crippen LogP contribution is 2.18. The number of carbonyl (C=O) groups excluding carboxylic acids is 1. The summed E-state index contributed by atoms with van der Waals surface area (Å²) in [5.41, 5.74) is 6.36. The Morgan fingerprint density at radius 3 is 2.62 bits per heavy atom. The molecule has 1 heterocycles. The predicted molar refractivity (Wildman–Crippen MR) is 88.5 cm³/mol. The maximum atomic E-state index is 12.0.